The molecule has 48 heavy (non-hydrogen) atoms. The standard InChI is InChI=1S/C36H34ClN5O5S/c1-21-19-22(2)33(23(3)31(21)34-39-40-35-32(37)24(4)41-42(34)35)38-36(43)25(5)46-28-15-17-30(18-16-28)48(44)47-29-13-11-27(12-14-29)45-20-26-9-7-6-8-10-26/h6-19,25,41H,20H2,1-5H3,(H,38,43). The Kier molecular flexibility index (Phi) is 9.51. The molecular formula is C36H34ClN5O5S. The summed E-state index contributed by atoms with van der Waals surface area (Å²) in [5.41, 5.74) is 6.62. The van der Waals surface area contributed by atoms with Crippen LogP contribution in [0.15, 0.2) is 89.8 Å². The largest absolute Gasteiger partial charge is 0.489 e. The third-order valence-electron chi connectivity index (χ3n) is 7.85. The first kappa shape index (κ1) is 32.8. The number of nitrogens with zero attached hydrogens (tertiary/aromatic N) is 3. The molecular weight excluding hydrogens is 650 g/mol. The van der Waals surface area contributed by atoms with E-state index in [9.17, 15) is 9.00 Å². The van der Waals surface area contributed by atoms with Crippen molar-refractivity contribution < 1.29 is 22.7 Å². The van der Waals surface area contributed by atoms with E-state index < -0.39 is 17.2 Å². The zero-order chi connectivity index (χ0) is 33.9. The lowest BCUT2D eigenvalue weighted by molar-refractivity contribution is -0.122. The van der Waals surface area contributed by atoms with E-state index >= 15 is 0 Å². The van der Waals surface area contributed by atoms with Crippen molar-refractivity contribution in [3.05, 3.63) is 118 Å². The molecule has 0 saturated heterocycles. The number of anilines is 1. The second kappa shape index (κ2) is 13.9. The summed E-state index contributed by atoms with van der Waals surface area (Å²) in [5.74, 6) is 1.84. The van der Waals surface area contributed by atoms with Gasteiger partial charge in [-0.2, -0.15) is 0 Å². The number of H-pyrrole nitrogens is 1. The van der Waals surface area contributed by atoms with Crippen LogP contribution in [0.3, 0.4) is 0 Å². The monoisotopic (exact) mass is 683 g/mol. The van der Waals surface area contributed by atoms with E-state index in [0.29, 0.717) is 50.9 Å². The van der Waals surface area contributed by atoms with Gasteiger partial charge in [-0.3, -0.25) is 9.89 Å². The molecule has 1 amide bonds. The van der Waals surface area contributed by atoms with Gasteiger partial charge in [-0.15, -0.1) is 10.2 Å². The smallest absolute Gasteiger partial charge is 0.265 e. The molecule has 0 bridgehead atoms. The van der Waals surface area contributed by atoms with Crippen molar-refractivity contribution in [2.75, 3.05) is 5.32 Å². The van der Waals surface area contributed by atoms with Crippen LogP contribution in [0.2, 0.25) is 5.02 Å². The third kappa shape index (κ3) is 6.92. The van der Waals surface area contributed by atoms with Crippen molar-refractivity contribution in [1.82, 2.24) is 19.8 Å². The Hall–Kier alpha value is -5.13. The van der Waals surface area contributed by atoms with Crippen molar-refractivity contribution in [3.8, 4) is 28.6 Å². The zero-order valence-electron chi connectivity index (χ0n) is 27.0. The molecule has 0 aliphatic heterocycles. The van der Waals surface area contributed by atoms with Crippen molar-refractivity contribution in [1.29, 1.82) is 0 Å². The maximum absolute atomic E-state index is 13.3. The van der Waals surface area contributed by atoms with Crippen LogP contribution in [-0.4, -0.2) is 36.0 Å². The first-order valence-electron chi connectivity index (χ1n) is 15.2. The Balaban J connectivity index is 1.07. The Morgan fingerprint density at radius 3 is 2.29 bits per heavy atom. The normalized spacial score (nSPS) is 12.5. The number of aromatic amines is 1. The molecule has 0 saturated carbocycles. The Labute approximate surface area is 285 Å². The summed E-state index contributed by atoms with van der Waals surface area (Å²) < 4.78 is 32.0. The fraction of sp³-hybridized carbons (Fsp3) is 0.194. The fourth-order valence-corrected chi connectivity index (χ4v) is 6.29. The number of carbonyl (C=O) groups is 1. The maximum atomic E-state index is 13.3. The number of fused-ring (bicyclic) bond motifs is 1. The number of ether oxygens (including phenoxy) is 2. The minimum absolute atomic E-state index is 0.326. The second-order valence-electron chi connectivity index (χ2n) is 11.4. The van der Waals surface area contributed by atoms with Gasteiger partial charge in [0.15, 0.2) is 17.6 Å². The number of rotatable bonds is 11. The fourth-order valence-electron chi connectivity index (χ4n) is 5.38. The van der Waals surface area contributed by atoms with Crippen molar-refractivity contribution in [2.24, 2.45) is 0 Å². The van der Waals surface area contributed by atoms with E-state index in [-0.39, 0.29) is 5.91 Å². The first-order valence-corrected chi connectivity index (χ1v) is 16.7. The molecule has 12 heteroatoms. The number of amides is 1. The van der Waals surface area contributed by atoms with Crippen LogP contribution >= 0.6 is 11.6 Å². The van der Waals surface area contributed by atoms with Crippen molar-refractivity contribution in [3.63, 3.8) is 0 Å². The van der Waals surface area contributed by atoms with E-state index in [1.165, 1.54) is 0 Å². The SMILES string of the molecule is Cc1cc(C)c(-c2nnc3c(Cl)c(C)[nH]n23)c(C)c1NC(=O)C(C)Oc1ccc(S(=O)Oc2ccc(OCc3ccccc3)cc2)cc1. The number of aromatic nitrogens is 4. The summed E-state index contributed by atoms with van der Waals surface area (Å²) in [6.07, 6.45) is -0.826. The number of benzene rings is 4. The molecule has 0 aliphatic rings. The molecule has 246 valence electrons. The zero-order valence-corrected chi connectivity index (χ0v) is 28.6. The second-order valence-corrected chi connectivity index (χ2v) is 12.9. The highest BCUT2D eigenvalue weighted by molar-refractivity contribution is 7.80. The van der Waals surface area contributed by atoms with Gasteiger partial charge in [-0.05, 0) is 105 Å². The van der Waals surface area contributed by atoms with Crippen LogP contribution in [0.1, 0.15) is 34.9 Å². The molecule has 2 unspecified atom stereocenters. The van der Waals surface area contributed by atoms with Crippen molar-refractivity contribution in [2.45, 2.75) is 52.2 Å². The molecule has 0 radical (unpaired) electrons. The quantitative estimate of drug-likeness (QED) is 0.144. The predicted octanol–water partition coefficient (Wildman–Crippen LogP) is 7.70. The van der Waals surface area contributed by atoms with Gasteiger partial charge < -0.3 is 19.0 Å². The topological polar surface area (TPSA) is 120 Å². The molecule has 6 rings (SSSR count). The summed E-state index contributed by atoms with van der Waals surface area (Å²) in [5, 5.41) is 15.4. The Bertz CT molecular complexity index is 2110. The van der Waals surface area contributed by atoms with E-state index in [0.717, 1.165) is 33.5 Å². The van der Waals surface area contributed by atoms with E-state index in [2.05, 4.69) is 20.6 Å². The van der Waals surface area contributed by atoms with Crippen LogP contribution in [0, 0.1) is 27.7 Å². The summed E-state index contributed by atoms with van der Waals surface area (Å²) in [4.78, 5) is 13.8. The van der Waals surface area contributed by atoms with Gasteiger partial charge in [-0.25, -0.2) is 8.72 Å². The lowest BCUT2D eigenvalue weighted by Gasteiger charge is -2.20. The van der Waals surface area contributed by atoms with Crippen LogP contribution in [-0.2, 0) is 22.5 Å². The molecule has 2 N–H and O–H groups in total. The summed E-state index contributed by atoms with van der Waals surface area (Å²) in [7, 11) is 0. The van der Waals surface area contributed by atoms with Crippen molar-refractivity contribution >= 4 is 39.9 Å². The van der Waals surface area contributed by atoms with Crippen LogP contribution in [0.25, 0.3) is 17.0 Å². The first-order chi connectivity index (χ1) is 23.1. The average Bonchev–Trinajstić information content (AvgIpc) is 3.61. The molecule has 2 atom stereocenters. The lowest BCUT2D eigenvalue weighted by atomic mass is 9.96. The molecule has 2 heterocycles. The summed E-state index contributed by atoms with van der Waals surface area (Å²) >= 11 is 4.62. The molecule has 0 spiro atoms. The maximum Gasteiger partial charge on any atom is 0.265 e. The molecule has 2 aromatic heterocycles. The van der Waals surface area contributed by atoms with Gasteiger partial charge in [0.2, 0.25) is 11.1 Å². The Morgan fingerprint density at radius 2 is 1.58 bits per heavy atom. The van der Waals surface area contributed by atoms with Gasteiger partial charge in [0.05, 0.1) is 10.6 Å². The number of aryl methyl sites for hydroxylation is 3. The summed E-state index contributed by atoms with van der Waals surface area (Å²) in [6, 6.07) is 25.4. The minimum atomic E-state index is -1.76. The number of nitrogens with one attached hydrogen (secondary N) is 2. The van der Waals surface area contributed by atoms with Crippen LogP contribution in [0.4, 0.5) is 5.69 Å². The number of hydrogen-bond donors (Lipinski definition) is 2. The molecule has 4 aromatic carbocycles. The van der Waals surface area contributed by atoms with E-state index in [1.807, 2.05) is 64.1 Å². The van der Waals surface area contributed by atoms with Gasteiger partial charge >= 0.3 is 0 Å². The number of hydrogen-bond acceptors (Lipinski definition) is 7. The lowest BCUT2D eigenvalue weighted by Crippen LogP contribution is -2.30. The third-order valence-corrected chi connectivity index (χ3v) is 9.31. The highest BCUT2D eigenvalue weighted by Crippen LogP contribution is 2.35. The van der Waals surface area contributed by atoms with Gasteiger partial charge in [0.25, 0.3) is 5.91 Å². The van der Waals surface area contributed by atoms with Crippen LogP contribution in [0.5, 0.6) is 17.2 Å². The van der Waals surface area contributed by atoms with Crippen LogP contribution < -0.4 is 19.0 Å². The van der Waals surface area contributed by atoms with Gasteiger partial charge in [0, 0.05) is 11.3 Å². The molecule has 0 aliphatic carbocycles. The highest BCUT2D eigenvalue weighted by atomic mass is 35.5. The predicted molar refractivity (Wildman–Crippen MR) is 186 cm³/mol. The minimum Gasteiger partial charge on any atom is -0.489 e. The highest BCUT2D eigenvalue weighted by Gasteiger charge is 2.23. The number of halogens is 1. The Morgan fingerprint density at radius 1 is 0.917 bits per heavy atom. The molecule has 6 aromatic rings. The average molecular weight is 684 g/mol. The van der Waals surface area contributed by atoms with E-state index in [4.69, 9.17) is 25.3 Å². The molecule has 0 fully saturated rings. The summed E-state index contributed by atoms with van der Waals surface area (Å²) in [6.45, 7) is 9.85. The van der Waals surface area contributed by atoms with E-state index in [1.54, 1.807) is 60.0 Å². The van der Waals surface area contributed by atoms with Gasteiger partial charge in [-0.1, -0.05) is 48.0 Å². The number of carbonyl (C=O) groups excluding carboxylic acids is 1. The van der Waals surface area contributed by atoms with Gasteiger partial charge in [0.1, 0.15) is 28.9 Å². The molecule has 10 nitrogen and oxygen atoms in total.